The van der Waals surface area contributed by atoms with E-state index in [9.17, 15) is 4.79 Å². The number of nitrogens with zero attached hydrogens (tertiary/aromatic N) is 2. The molecule has 1 aromatic heterocycles. The van der Waals surface area contributed by atoms with Crippen molar-refractivity contribution in [3.8, 4) is 0 Å². The predicted molar refractivity (Wildman–Crippen MR) is 66.3 cm³/mol. The van der Waals surface area contributed by atoms with Crippen LogP contribution in [0, 0.1) is 5.92 Å². The molecule has 1 aromatic rings. The molecule has 1 atom stereocenters. The summed E-state index contributed by atoms with van der Waals surface area (Å²) in [7, 11) is 0. The molecule has 0 radical (unpaired) electrons. The lowest BCUT2D eigenvalue weighted by atomic mass is 10.1. The van der Waals surface area contributed by atoms with E-state index in [0.29, 0.717) is 18.9 Å². The van der Waals surface area contributed by atoms with Crippen LogP contribution in [0.25, 0.3) is 0 Å². The molecule has 4 heteroatoms. The highest BCUT2D eigenvalue weighted by atomic mass is 16.2. The molecule has 1 aliphatic heterocycles. The Labute approximate surface area is 102 Å². The van der Waals surface area contributed by atoms with Gasteiger partial charge in [0.1, 0.15) is 0 Å². The molecule has 1 unspecified atom stereocenters. The van der Waals surface area contributed by atoms with Gasteiger partial charge in [0.2, 0.25) is 5.91 Å². The summed E-state index contributed by atoms with van der Waals surface area (Å²) < 4.78 is 0. The minimum Gasteiger partial charge on any atom is -0.342 e. The molecule has 0 bridgehead atoms. The Morgan fingerprint density at radius 3 is 3.12 bits per heavy atom. The number of amides is 1. The van der Waals surface area contributed by atoms with E-state index in [1.54, 1.807) is 6.20 Å². The van der Waals surface area contributed by atoms with Gasteiger partial charge in [0.05, 0.1) is 0 Å². The summed E-state index contributed by atoms with van der Waals surface area (Å²) in [6.07, 6.45) is 5.96. The number of aromatic nitrogens is 1. The minimum absolute atomic E-state index is 0.241. The summed E-state index contributed by atoms with van der Waals surface area (Å²) in [5.74, 6) is 0.738. The maximum absolute atomic E-state index is 11.9. The number of rotatable bonds is 4. The van der Waals surface area contributed by atoms with Crippen molar-refractivity contribution >= 4 is 5.91 Å². The second kappa shape index (κ2) is 5.77. The van der Waals surface area contributed by atoms with Gasteiger partial charge in [0.25, 0.3) is 0 Å². The Hall–Kier alpha value is -1.42. The van der Waals surface area contributed by atoms with Crippen molar-refractivity contribution in [3.05, 3.63) is 30.1 Å². The van der Waals surface area contributed by atoms with Crippen molar-refractivity contribution in [3.63, 3.8) is 0 Å². The normalized spacial score (nSPS) is 19.6. The van der Waals surface area contributed by atoms with Gasteiger partial charge >= 0.3 is 0 Å². The molecule has 0 aliphatic carbocycles. The first-order valence-corrected chi connectivity index (χ1v) is 6.16. The first-order valence-electron chi connectivity index (χ1n) is 6.16. The molecule has 1 amide bonds. The summed E-state index contributed by atoms with van der Waals surface area (Å²) in [5.41, 5.74) is 6.74. The zero-order valence-corrected chi connectivity index (χ0v) is 10.0. The van der Waals surface area contributed by atoms with Gasteiger partial charge in [0, 0.05) is 31.9 Å². The van der Waals surface area contributed by atoms with E-state index >= 15 is 0 Å². The van der Waals surface area contributed by atoms with Gasteiger partial charge in [-0.05, 0) is 36.9 Å². The van der Waals surface area contributed by atoms with Crippen LogP contribution in [-0.4, -0.2) is 35.4 Å². The molecule has 0 saturated carbocycles. The SMILES string of the molecule is NCC1CCN(C(=O)CCc2cccnc2)C1. The number of aryl methyl sites for hydroxylation is 1. The molecule has 1 fully saturated rings. The predicted octanol–water partition coefficient (Wildman–Crippen LogP) is 0.821. The summed E-state index contributed by atoms with van der Waals surface area (Å²) in [6, 6.07) is 3.91. The fourth-order valence-corrected chi connectivity index (χ4v) is 2.21. The third-order valence-electron chi connectivity index (χ3n) is 3.32. The summed E-state index contributed by atoms with van der Waals surface area (Å²) >= 11 is 0. The zero-order chi connectivity index (χ0) is 12.1. The Bertz CT molecular complexity index is 366. The van der Waals surface area contributed by atoms with Gasteiger partial charge in [-0.1, -0.05) is 6.07 Å². The highest BCUT2D eigenvalue weighted by Crippen LogP contribution is 2.16. The second-order valence-corrected chi connectivity index (χ2v) is 4.59. The molecule has 2 rings (SSSR count). The third kappa shape index (κ3) is 3.27. The highest BCUT2D eigenvalue weighted by molar-refractivity contribution is 5.76. The largest absolute Gasteiger partial charge is 0.342 e. The molecule has 1 aliphatic rings. The number of likely N-dealkylation sites (tertiary alicyclic amines) is 1. The lowest BCUT2D eigenvalue weighted by molar-refractivity contribution is -0.130. The number of hydrogen-bond donors (Lipinski definition) is 1. The van der Waals surface area contributed by atoms with Crippen molar-refractivity contribution in [1.82, 2.24) is 9.88 Å². The molecule has 4 nitrogen and oxygen atoms in total. The van der Waals surface area contributed by atoms with E-state index in [1.807, 2.05) is 23.2 Å². The number of carbonyl (C=O) groups is 1. The van der Waals surface area contributed by atoms with Crippen LogP contribution in [0.3, 0.4) is 0 Å². The topological polar surface area (TPSA) is 59.2 Å². The molecule has 17 heavy (non-hydrogen) atoms. The first kappa shape index (κ1) is 12.0. The molecule has 92 valence electrons. The van der Waals surface area contributed by atoms with Crippen LogP contribution in [0.4, 0.5) is 0 Å². The van der Waals surface area contributed by atoms with Crippen molar-refractivity contribution < 1.29 is 4.79 Å². The van der Waals surface area contributed by atoms with Crippen LogP contribution in [0.1, 0.15) is 18.4 Å². The van der Waals surface area contributed by atoms with E-state index in [1.165, 1.54) is 0 Å². The Balaban J connectivity index is 1.78. The molecule has 2 N–H and O–H groups in total. The average molecular weight is 233 g/mol. The summed E-state index contributed by atoms with van der Waals surface area (Å²) in [4.78, 5) is 17.9. The molecule has 2 heterocycles. The quantitative estimate of drug-likeness (QED) is 0.837. The van der Waals surface area contributed by atoms with Crippen molar-refractivity contribution in [2.24, 2.45) is 11.7 Å². The Morgan fingerprint density at radius 1 is 1.59 bits per heavy atom. The van der Waals surface area contributed by atoms with E-state index in [-0.39, 0.29) is 5.91 Å². The zero-order valence-electron chi connectivity index (χ0n) is 10.0. The highest BCUT2D eigenvalue weighted by Gasteiger charge is 2.24. The fraction of sp³-hybridized carbons (Fsp3) is 0.538. The number of pyridine rings is 1. The third-order valence-corrected chi connectivity index (χ3v) is 3.32. The van der Waals surface area contributed by atoms with Crippen LogP contribution in [-0.2, 0) is 11.2 Å². The van der Waals surface area contributed by atoms with Crippen LogP contribution in [0.2, 0.25) is 0 Å². The van der Waals surface area contributed by atoms with Gasteiger partial charge < -0.3 is 10.6 Å². The molecule has 1 saturated heterocycles. The molecular weight excluding hydrogens is 214 g/mol. The van der Waals surface area contributed by atoms with Crippen LogP contribution >= 0.6 is 0 Å². The maximum atomic E-state index is 11.9. The van der Waals surface area contributed by atoms with Gasteiger partial charge in [-0.25, -0.2) is 0 Å². The van der Waals surface area contributed by atoms with Crippen LogP contribution in [0.5, 0.6) is 0 Å². The lowest BCUT2D eigenvalue weighted by Gasteiger charge is -2.16. The van der Waals surface area contributed by atoms with Crippen LogP contribution in [0.15, 0.2) is 24.5 Å². The van der Waals surface area contributed by atoms with E-state index in [0.717, 1.165) is 31.5 Å². The van der Waals surface area contributed by atoms with E-state index in [4.69, 9.17) is 5.73 Å². The number of hydrogen-bond acceptors (Lipinski definition) is 3. The van der Waals surface area contributed by atoms with Gasteiger partial charge in [-0.15, -0.1) is 0 Å². The number of nitrogens with two attached hydrogens (primary N) is 1. The van der Waals surface area contributed by atoms with Crippen molar-refractivity contribution in [1.29, 1.82) is 0 Å². The minimum atomic E-state index is 0.241. The Kier molecular flexibility index (Phi) is 4.09. The van der Waals surface area contributed by atoms with Crippen molar-refractivity contribution in [2.75, 3.05) is 19.6 Å². The van der Waals surface area contributed by atoms with E-state index < -0.39 is 0 Å². The molecular formula is C13H19N3O. The monoisotopic (exact) mass is 233 g/mol. The van der Waals surface area contributed by atoms with Crippen molar-refractivity contribution in [2.45, 2.75) is 19.3 Å². The van der Waals surface area contributed by atoms with Gasteiger partial charge in [-0.2, -0.15) is 0 Å². The Morgan fingerprint density at radius 2 is 2.47 bits per heavy atom. The summed E-state index contributed by atoms with van der Waals surface area (Å²) in [6.45, 7) is 2.39. The first-order chi connectivity index (χ1) is 8.29. The second-order valence-electron chi connectivity index (χ2n) is 4.59. The maximum Gasteiger partial charge on any atom is 0.222 e. The standard InChI is InChI=1S/C13H19N3O/c14-8-12-5-7-16(10-12)13(17)4-3-11-2-1-6-15-9-11/h1-2,6,9,12H,3-5,7-8,10,14H2. The fourth-order valence-electron chi connectivity index (χ4n) is 2.21. The molecule has 0 aromatic carbocycles. The van der Waals surface area contributed by atoms with Crippen LogP contribution < -0.4 is 5.73 Å². The van der Waals surface area contributed by atoms with E-state index in [2.05, 4.69) is 4.98 Å². The molecule has 0 spiro atoms. The van der Waals surface area contributed by atoms with Gasteiger partial charge in [0.15, 0.2) is 0 Å². The van der Waals surface area contributed by atoms with Gasteiger partial charge in [-0.3, -0.25) is 9.78 Å². The summed E-state index contributed by atoms with van der Waals surface area (Å²) in [5, 5.41) is 0. The smallest absolute Gasteiger partial charge is 0.222 e. The average Bonchev–Trinajstić information content (AvgIpc) is 2.86. The number of carbonyl (C=O) groups excluding carboxylic acids is 1. The lowest BCUT2D eigenvalue weighted by Crippen LogP contribution is -2.30.